The quantitative estimate of drug-likeness (QED) is 0.211. The van der Waals surface area contributed by atoms with Crippen LogP contribution in [0, 0.1) is 0 Å². The zero-order chi connectivity index (χ0) is 32.0. The molecule has 0 aromatic heterocycles. The summed E-state index contributed by atoms with van der Waals surface area (Å²) in [6.07, 6.45) is -8.16. The highest BCUT2D eigenvalue weighted by Crippen LogP contribution is 2.67. The molecule has 38 heavy (non-hydrogen) atoms. The lowest BCUT2D eigenvalue weighted by Crippen LogP contribution is -2.77. The van der Waals surface area contributed by atoms with Crippen molar-refractivity contribution < 1.29 is 114 Å². The van der Waals surface area contributed by atoms with E-state index in [1.165, 1.54) is 0 Å². The Morgan fingerprint density at radius 2 is 0.474 bits per heavy atom. The fourth-order valence-corrected chi connectivity index (χ4v) is 2.36. The first-order chi connectivity index (χ1) is 15.8. The molecule has 0 aliphatic rings. The summed E-state index contributed by atoms with van der Waals surface area (Å²) in [5.41, 5.74) is 0. The monoisotopic (exact) mass is 650 g/mol. The number of halogens is 23. The van der Waals surface area contributed by atoms with E-state index in [4.69, 9.17) is 4.55 Å². The van der Waals surface area contributed by atoms with Gasteiger partial charge in [0.25, 0.3) is 0 Å². The Kier molecular flexibility index (Phi) is 8.03. The molecule has 0 saturated heterocycles. The van der Waals surface area contributed by atoms with E-state index in [1.54, 1.807) is 0 Å². The molecule has 0 fully saturated rings. The molecule has 1 N–H and O–H groups in total. The second kappa shape index (κ2) is 8.40. The van der Waals surface area contributed by atoms with Crippen molar-refractivity contribution in [2.75, 3.05) is 0 Å². The van der Waals surface area contributed by atoms with Gasteiger partial charge in [0.05, 0.1) is 0 Å². The van der Waals surface area contributed by atoms with Crippen LogP contribution < -0.4 is 0 Å². The third kappa shape index (κ3) is 4.02. The van der Waals surface area contributed by atoms with E-state index >= 15 is 0 Å². The van der Waals surface area contributed by atoms with Gasteiger partial charge in [-0.15, -0.1) is 0 Å². The molecule has 0 amide bonds. The van der Waals surface area contributed by atoms with E-state index in [0.29, 0.717) is 0 Å². The van der Waals surface area contributed by atoms with Gasteiger partial charge >= 0.3 is 74.9 Å². The van der Waals surface area contributed by atoms with Crippen molar-refractivity contribution in [1.82, 2.24) is 0 Å². The van der Waals surface area contributed by atoms with Crippen molar-refractivity contribution in [3.8, 4) is 0 Å². The zero-order valence-electron chi connectivity index (χ0n) is 15.9. The van der Waals surface area contributed by atoms with Gasteiger partial charge in [0, 0.05) is 0 Å². The Balaban J connectivity index is 7.34. The smallest absolute Gasteiger partial charge is 0.281 e. The van der Waals surface area contributed by atoms with Crippen LogP contribution in [0.1, 0.15) is 0 Å². The predicted octanol–water partition coefficient (Wildman–Crippen LogP) is 6.75. The molecular formula is C11HF23O3S. The number of rotatable bonds is 10. The van der Waals surface area contributed by atoms with E-state index in [9.17, 15) is 109 Å². The third-order valence-electron chi connectivity index (χ3n) is 4.20. The normalized spacial score (nSPS) is 17.2. The van der Waals surface area contributed by atoms with Crippen LogP contribution in [0.25, 0.3) is 0 Å². The molecule has 0 aliphatic carbocycles. The second-order valence-corrected chi connectivity index (χ2v) is 8.12. The molecule has 0 atom stereocenters. The Labute approximate surface area is 190 Å². The van der Waals surface area contributed by atoms with E-state index in [1.807, 2.05) is 0 Å². The van der Waals surface area contributed by atoms with Gasteiger partial charge in [-0.2, -0.15) is 109 Å². The maximum Gasteiger partial charge on any atom is 0.460 e. The van der Waals surface area contributed by atoms with Crippen molar-refractivity contribution in [3.63, 3.8) is 0 Å². The van der Waals surface area contributed by atoms with Gasteiger partial charge in [0.2, 0.25) is 0 Å². The molecule has 0 heterocycles. The molecule has 27 heteroatoms. The summed E-state index contributed by atoms with van der Waals surface area (Å²) in [6.45, 7) is 0. The number of hydrogen-bond donors (Lipinski definition) is 1. The van der Waals surface area contributed by atoms with E-state index in [0.717, 1.165) is 0 Å². The maximum atomic E-state index is 13.4. The summed E-state index contributed by atoms with van der Waals surface area (Å²) in [7, 11) is -8.17. The first kappa shape index (κ1) is 36.3. The lowest BCUT2D eigenvalue weighted by Gasteiger charge is -2.44. The molecular weight excluding hydrogens is 649 g/mol. The standard InChI is InChI=1S/C11HF23O3S/c12-1(13,2(14,15)4(18,19)6(22,23)8(26,27)10(30,31)32)3(16,17)5(20,21)7(24,25)9(28,29)11(33,34)38(35,36)37/h(H,35,36,37). The van der Waals surface area contributed by atoms with Gasteiger partial charge in [-0.25, -0.2) is 0 Å². The molecule has 0 saturated carbocycles. The molecule has 0 aromatic carbocycles. The largest absolute Gasteiger partial charge is 0.460 e. The van der Waals surface area contributed by atoms with Gasteiger partial charge in [0.1, 0.15) is 0 Å². The van der Waals surface area contributed by atoms with E-state index < -0.39 is 74.9 Å². The van der Waals surface area contributed by atoms with Gasteiger partial charge < -0.3 is 0 Å². The highest BCUT2D eigenvalue weighted by Gasteiger charge is 2.99. The van der Waals surface area contributed by atoms with E-state index in [2.05, 4.69) is 0 Å². The first-order valence-corrected chi connectivity index (χ1v) is 9.01. The topological polar surface area (TPSA) is 54.4 Å². The fraction of sp³-hybridized carbons (Fsp3) is 1.00. The van der Waals surface area contributed by atoms with Crippen LogP contribution in [0.15, 0.2) is 0 Å². The van der Waals surface area contributed by atoms with Crippen molar-refractivity contribution in [2.45, 2.75) is 64.7 Å². The molecule has 0 radical (unpaired) electrons. The van der Waals surface area contributed by atoms with Gasteiger partial charge in [-0.05, 0) is 0 Å². The summed E-state index contributed by atoms with van der Waals surface area (Å²) >= 11 is 0. The van der Waals surface area contributed by atoms with E-state index in [-0.39, 0.29) is 0 Å². The molecule has 3 nitrogen and oxygen atoms in total. The highest BCUT2D eigenvalue weighted by molar-refractivity contribution is 7.87. The minimum Gasteiger partial charge on any atom is -0.281 e. The fourth-order valence-electron chi connectivity index (χ4n) is 1.90. The zero-order valence-corrected chi connectivity index (χ0v) is 16.7. The minimum atomic E-state index is -9.58. The van der Waals surface area contributed by atoms with Crippen LogP contribution in [-0.2, 0) is 10.1 Å². The number of alkyl halides is 23. The summed E-state index contributed by atoms with van der Waals surface area (Å²) in [4.78, 5) is 0. The number of hydrogen-bond acceptors (Lipinski definition) is 2. The van der Waals surface area contributed by atoms with Crippen LogP contribution in [0.2, 0.25) is 0 Å². The average Bonchev–Trinajstić information content (AvgIpc) is 2.64. The van der Waals surface area contributed by atoms with Gasteiger partial charge in [-0.3, -0.25) is 4.55 Å². The molecule has 0 spiro atoms. The average molecular weight is 650 g/mol. The van der Waals surface area contributed by atoms with Crippen LogP contribution in [-0.4, -0.2) is 77.7 Å². The molecule has 0 aliphatic heterocycles. The van der Waals surface area contributed by atoms with Crippen LogP contribution in [0.4, 0.5) is 101 Å². The SMILES string of the molecule is O=S(=O)(O)C(F)(F)C(F)(F)C(F)(F)C(F)(F)C(F)(F)C(F)(F)C(F)(F)C(F)(F)C(F)(F)C(F)(F)C(F)(F)F. The Morgan fingerprint density at radius 3 is 0.632 bits per heavy atom. The van der Waals surface area contributed by atoms with Crippen molar-refractivity contribution in [1.29, 1.82) is 0 Å². The van der Waals surface area contributed by atoms with Gasteiger partial charge in [-0.1, -0.05) is 0 Å². The predicted molar refractivity (Wildman–Crippen MR) is 67.1 cm³/mol. The summed E-state index contributed by atoms with van der Waals surface area (Å²) in [6, 6.07) is 0. The Bertz CT molecular complexity index is 1000. The Morgan fingerprint density at radius 1 is 0.316 bits per heavy atom. The van der Waals surface area contributed by atoms with Crippen molar-refractivity contribution in [2.24, 2.45) is 0 Å². The molecule has 230 valence electrons. The van der Waals surface area contributed by atoms with Crippen molar-refractivity contribution in [3.05, 3.63) is 0 Å². The lowest BCUT2D eigenvalue weighted by molar-refractivity contribution is -0.476. The minimum absolute atomic E-state index is 7.70. The molecule has 0 unspecified atom stereocenters. The van der Waals surface area contributed by atoms with Crippen LogP contribution >= 0.6 is 0 Å². The highest BCUT2D eigenvalue weighted by atomic mass is 32.2. The summed E-state index contributed by atoms with van der Waals surface area (Å²) in [5, 5.41) is -8.15. The second-order valence-electron chi connectivity index (χ2n) is 6.66. The maximum absolute atomic E-state index is 13.4. The summed E-state index contributed by atoms with van der Waals surface area (Å²) in [5.74, 6) is -83.2. The molecule has 0 rings (SSSR count). The van der Waals surface area contributed by atoms with Crippen LogP contribution in [0.3, 0.4) is 0 Å². The lowest BCUT2D eigenvalue weighted by atomic mass is 9.86. The Hall–Kier alpha value is -1.70. The third-order valence-corrected chi connectivity index (χ3v) is 5.10. The first-order valence-electron chi connectivity index (χ1n) is 7.57. The van der Waals surface area contributed by atoms with Crippen molar-refractivity contribution >= 4 is 10.1 Å². The molecule has 0 bridgehead atoms. The van der Waals surface area contributed by atoms with Gasteiger partial charge in [0.15, 0.2) is 0 Å². The molecule has 0 aromatic rings. The summed E-state index contributed by atoms with van der Waals surface area (Å²) < 4.78 is 326. The van der Waals surface area contributed by atoms with Crippen LogP contribution in [0.5, 0.6) is 0 Å².